The van der Waals surface area contributed by atoms with Crippen molar-refractivity contribution >= 4 is 11.6 Å². The molecule has 0 saturated carbocycles. The summed E-state index contributed by atoms with van der Waals surface area (Å²) < 4.78 is 12.9. The number of aryl methyl sites for hydroxylation is 3. The van der Waals surface area contributed by atoms with E-state index >= 15 is 0 Å². The van der Waals surface area contributed by atoms with Gasteiger partial charge < -0.3 is 14.8 Å². The zero-order valence-corrected chi connectivity index (χ0v) is 20.0. The molecule has 8 heteroatoms. The van der Waals surface area contributed by atoms with Gasteiger partial charge in [0.1, 0.15) is 11.6 Å². The van der Waals surface area contributed by atoms with Crippen molar-refractivity contribution in [3.8, 4) is 17.2 Å². The lowest BCUT2D eigenvalue weighted by Gasteiger charge is -2.31. The number of carbonyl (C=O) groups excluding carboxylic acids is 1. The lowest BCUT2D eigenvalue weighted by Crippen LogP contribution is -2.37. The molecule has 8 nitrogen and oxygen atoms in total. The number of carbonyl (C=O) groups is 1. The second-order valence-corrected chi connectivity index (χ2v) is 9.07. The zero-order valence-electron chi connectivity index (χ0n) is 20.0. The summed E-state index contributed by atoms with van der Waals surface area (Å²) in [5, 5.41) is 11.6. The molecule has 0 unspecified atom stereocenters. The van der Waals surface area contributed by atoms with E-state index in [2.05, 4.69) is 43.2 Å². The number of methoxy groups -OCH3 is 2. The fourth-order valence-electron chi connectivity index (χ4n) is 5.04. The van der Waals surface area contributed by atoms with Crippen LogP contribution < -0.4 is 14.8 Å². The minimum atomic E-state index is 0.0318. The smallest absolute Gasteiger partial charge is 0.227 e. The number of hydrogen-bond acceptors (Lipinski definition) is 6. The lowest BCUT2D eigenvalue weighted by atomic mass is 9.95. The molecular weight excluding hydrogens is 430 g/mol. The number of anilines is 1. The SMILES string of the molecule is COc1ccc(CN2CCC(C(=O)Nc3ccc4c(c3)CCc3nnc(C)n3-4)CC2)cc1OC. The van der Waals surface area contributed by atoms with Crippen molar-refractivity contribution in [2.75, 3.05) is 32.6 Å². The van der Waals surface area contributed by atoms with E-state index in [4.69, 9.17) is 9.47 Å². The van der Waals surface area contributed by atoms with Crippen molar-refractivity contribution in [2.45, 2.75) is 39.2 Å². The van der Waals surface area contributed by atoms with Crippen LogP contribution in [0.1, 0.15) is 35.6 Å². The van der Waals surface area contributed by atoms with Crippen LogP contribution in [0.2, 0.25) is 0 Å². The van der Waals surface area contributed by atoms with Crippen LogP contribution in [0.4, 0.5) is 5.69 Å². The summed E-state index contributed by atoms with van der Waals surface area (Å²) >= 11 is 0. The van der Waals surface area contributed by atoms with Crippen LogP contribution in [0, 0.1) is 12.8 Å². The molecule has 0 radical (unpaired) electrons. The van der Waals surface area contributed by atoms with Crippen molar-refractivity contribution in [2.24, 2.45) is 5.92 Å². The lowest BCUT2D eigenvalue weighted by molar-refractivity contribution is -0.121. The first kappa shape index (κ1) is 22.4. The van der Waals surface area contributed by atoms with Crippen molar-refractivity contribution in [1.82, 2.24) is 19.7 Å². The van der Waals surface area contributed by atoms with E-state index in [9.17, 15) is 4.79 Å². The van der Waals surface area contributed by atoms with Crippen LogP contribution in [-0.4, -0.2) is 52.9 Å². The molecule has 0 spiro atoms. The van der Waals surface area contributed by atoms with Gasteiger partial charge in [0.15, 0.2) is 11.5 Å². The molecule has 2 aliphatic rings. The number of ether oxygens (including phenoxy) is 2. The highest BCUT2D eigenvalue weighted by Gasteiger charge is 2.26. The average molecular weight is 462 g/mol. The van der Waals surface area contributed by atoms with Crippen molar-refractivity contribution in [1.29, 1.82) is 0 Å². The van der Waals surface area contributed by atoms with Gasteiger partial charge in [0, 0.05) is 24.6 Å². The molecule has 2 aromatic carbocycles. The van der Waals surface area contributed by atoms with Gasteiger partial charge in [-0.15, -0.1) is 10.2 Å². The predicted molar refractivity (Wildman–Crippen MR) is 130 cm³/mol. The Morgan fingerprint density at radius 3 is 2.59 bits per heavy atom. The van der Waals surface area contributed by atoms with Gasteiger partial charge >= 0.3 is 0 Å². The highest BCUT2D eigenvalue weighted by molar-refractivity contribution is 5.92. The molecule has 5 rings (SSSR count). The Hall–Kier alpha value is -3.39. The van der Waals surface area contributed by atoms with Gasteiger partial charge in [-0.3, -0.25) is 14.3 Å². The van der Waals surface area contributed by atoms with E-state index in [-0.39, 0.29) is 11.8 Å². The summed E-state index contributed by atoms with van der Waals surface area (Å²) in [4.78, 5) is 15.4. The highest BCUT2D eigenvalue weighted by atomic mass is 16.5. The van der Waals surface area contributed by atoms with E-state index in [1.165, 1.54) is 11.1 Å². The number of fused-ring (bicyclic) bond motifs is 3. The Morgan fingerprint density at radius 2 is 1.82 bits per heavy atom. The minimum Gasteiger partial charge on any atom is -0.493 e. The Bertz CT molecular complexity index is 1200. The van der Waals surface area contributed by atoms with Crippen LogP contribution in [0.5, 0.6) is 11.5 Å². The second kappa shape index (κ2) is 9.46. The first-order valence-corrected chi connectivity index (χ1v) is 11.8. The summed E-state index contributed by atoms with van der Waals surface area (Å²) in [6.45, 7) is 4.60. The minimum absolute atomic E-state index is 0.0318. The topological polar surface area (TPSA) is 81.5 Å². The largest absolute Gasteiger partial charge is 0.493 e. The molecule has 0 atom stereocenters. The molecule has 1 fully saturated rings. The quantitative estimate of drug-likeness (QED) is 0.605. The summed E-state index contributed by atoms with van der Waals surface area (Å²) in [7, 11) is 3.30. The van der Waals surface area contributed by atoms with Crippen LogP contribution >= 0.6 is 0 Å². The number of aromatic nitrogens is 3. The molecule has 178 valence electrons. The average Bonchev–Trinajstić information content (AvgIpc) is 3.25. The maximum atomic E-state index is 13.0. The number of piperidine rings is 1. The van der Waals surface area contributed by atoms with Gasteiger partial charge in [-0.2, -0.15) is 0 Å². The number of rotatable bonds is 6. The predicted octanol–water partition coefficient (Wildman–Crippen LogP) is 3.54. The maximum absolute atomic E-state index is 13.0. The third-order valence-electron chi connectivity index (χ3n) is 6.91. The van der Waals surface area contributed by atoms with E-state index < -0.39 is 0 Å². The summed E-state index contributed by atoms with van der Waals surface area (Å²) in [6.07, 6.45) is 3.48. The molecule has 0 bridgehead atoms. The van der Waals surface area contributed by atoms with Crippen LogP contribution in [0.25, 0.3) is 5.69 Å². The summed E-state index contributed by atoms with van der Waals surface area (Å²) in [5.41, 5.74) is 4.38. The fourth-order valence-corrected chi connectivity index (χ4v) is 5.04. The van der Waals surface area contributed by atoms with Gasteiger partial charge in [0.25, 0.3) is 0 Å². The molecule has 2 aliphatic heterocycles. The Kier molecular flexibility index (Phi) is 6.24. The fraction of sp³-hybridized carbons (Fsp3) is 0.423. The third kappa shape index (κ3) is 4.37. The molecule has 1 saturated heterocycles. The van der Waals surface area contributed by atoms with Crippen molar-refractivity contribution in [3.05, 3.63) is 59.2 Å². The summed E-state index contributed by atoms with van der Waals surface area (Å²) in [6, 6.07) is 12.2. The van der Waals surface area contributed by atoms with Crippen LogP contribution in [0.3, 0.4) is 0 Å². The van der Waals surface area contributed by atoms with Gasteiger partial charge in [0.05, 0.1) is 19.9 Å². The van der Waals surface area contributed by atoms with Crippen LogP contribution in [0.15, 0.2) is 36.4 Å². The molecule has 34 heavy (non-hydrogen) atoms. The van der Waals surface area contributed by atoms with Crippen molar-refractivity contribution in [3.63, 3.8) is 0 Å². The molecule has 1 N–H and O–H groups in total. The van der Waals surface area contributed by atoms with E-state index in [0.29, 0.717) is 0 Å². The number of hydrogen-bond donors (Lipinski definition) is 1. The summed E-state index contributed by atoms with van der Waals surface area (Å²) in [5.74, 6) is 3.53. The van der Waals surface area contributed by atoms with Gasteiger partial charge in [-0.1, -0.05) is 6.07 Å². The Balaban J connectivity index is 1.17. The standard InChI is InChI=1S/C26H31N5O3/c1-17-28-29-25-9-5-20-15-21(6-7-22(20)31(17)25)27-26(32)19-10-12-30(13-11-19)16-18-4-8-23(33-2)24(14-18)34-3/h4,6-8,14-15,19H,5,9-13,16H2,1-3H3,(H,27,32). The van der Waals surface area contributed by atoms with E-state index in [0.717, 1.165) is 79.8 Å². The van der Waals surface area contributed by atoms with Crippen LogP contribution in [-0.2, 0) is 24.2 Å². The molecule has 3 aromatic rings. The van der Waals surface area contributed by atoms with Gasteiger partial charge in [-0.25, -0.2) is 0 Å². The monoisotopic (exact) mass is 461 g/mol. The molecule has 3 heterocycles. The van der Waals surface area contributed by atoms with E-state index in [1.54, 1.807) is 14.2 Å². The number of nitrogens with one attached hydrogen (secondary N) is 1. The number of likely N-dealkylation sites (tertiary alicyclic amines) is 1. The third-order valence-corrected chi connectivity index (χ3v) is 6.91. The zero-order chi connectivity index (χ0) is 23.7. The first-order valence-electron chi connectivity index (χ1n) is 11.8. The molecule has 0 aliphatic carbocycles. The maximum Gasteiger partial charge on any atom is 0.227 e. The van der Waals surface area contributed by atoms with Crippen molar-refractivity contribution < 1.29 is 14.3 Å². The highest BCUT2D eigenvalue weighted by Crippen LogP contribution is 2.30. The molecular formula is C26H31N5O3. The second-order valence-electron chi connectivity index (χ2n) is 9.07. The van der Waals surface area contributed by atoms with Gasteiger partial charge in [0.2, 0.25) is 5.91 Å². The Morgan fingerprint density at radius 1 is 1.03 bits per heavy atom. The van der Waals surface area contributed by atoms with Gasteiger partial charge in [-0.05, 0) is 80.7 Å². The first-order chi connectivity index (χ1) is 16.6. The number of benzene rings is 2. The normalized spacial score (nSPS) is 16.0. The Labute approximate surface area is 199 Å². The van der Waals surface area contributed by atoms with E-state index in [1.807, 2.05) is 25.1 Å². The molecule has 1 amide bonds. The molecule has 1 aromatic heterocycles. The number of amides is 1. The number of nitrogens with zero attached hydrogens (tertiary/aromatic N) is 4.